The van der Waals surface area contributed by atoms with Crippen molar-refractivity contribution in [3.63, 3.8) is 0 Å². The van der Waals surface area contributed by atoms with E-state index >= 15 is 0 Å². The van der Waals surface area contributed by atoms with E-state index in [0.29, 0.717) is 17.9 Å². The Morgan fingerprint density at radius 2 is 2.00 bits per heavy atom. The minimum atomic E-state index is -0.0418. The van der Waals surface area contributed by atoms with E-state index in [9.17, 15) is 4.79 Å². The third-order valence-electron chi connectivity index (χ3n) is 3.39. The molecule has 0 unspecified atom stereocenters. The van der Waals surface area contributed by atoms with Gasteiger partial charge in [-0.3, -0.25) is 4.79 Å². The molecule has 2 aromatic carbocycles. The maximum absolute atomic E-state index is 12.1. The molecular formula is C17H16N2O2. The van der Waals surface area contributed by atoms with Gasteiger partial charge in [-0.25, -0.2) is 4.98 Å². The van der Waals surface area contributed by atoms with Crippen molar-refractivity contribution in [1.82, 2.24) is 4.98 Å². The largest absolute Gasteiger partial charge is 0.441 e. The van der Waals surface area contributed by atoms with Gasteiger partial charge in [0, 0.05) is 18.7 Å². The van der Waals surface area contributed by atoms with E-state index in [-0.39, 0.29) is 5.91 Å². The molecule has 3 aromatic rings. The summed E-state index contributed by atoms with van der Waals surface area (Å²) in [5.74, 6) is 0.577. The fourth-order valence-corrected chi connectivity index (χ4v) is 2.30. The molecule has 0 saturated carbocycles. The third kappa shape index (κ3) is 2.94. The van der Waals surface area contributed by atoms with Gasteiger partial charge >= 0.3 is 0 Å². The zero-order valence-electron chi connectivity index (χ0n) is 12.0. The Morgan fingerprint density at radius 1 is 1.19 bits per heavy atom. The van der Waals surface area contributed by atoms with Crippen LogP contribution in [-0.4, -0.2) is 10.9 Å². The lowest BCUT2D eigenvalue weighted by atomic mass is 10.1. The number of aryl methyl sites for hydroxylation is 2. The molecule has 0 atom stereocenters. The van der Waals surface area contributed by atoms with Crippen LogP contribution in [0.2, 0.25) is 0 Å². The Kier molecular flexibility index (Phi) is 3.44. The van der Waals surface area contributed by atoms with E-state index in [0.717, 1.165) is 22.3 Å². The van der Waals surface area contributed by atoms with Gasteiger partial charge in [0.15, 0.2) is 11.5 Å². The molecule has 0 bridgehead atoms. The Labute approximate surface area is 122 Å². The number of benzene rings is 2. The molecule has 0 fully saturated rings. The first-order valence-corrected chi connectivity index (χ1v) is 6.83. The van der Waals surface area contributed by atoms with Crippen LogP contribution in [0.15, 0.2) is 46.9 Å². The van der Waals surface area contributed by atoms with Gasteiger partial charge in [-0.1, -0.05) is 24.3 Å². The van der Waals surface area contributed by atoms with Gasteiger partial charge in [0.05, 0.1) is 6.42 Å². The summed E-state index contributed by atoms with van der Waals surface area (Å²) in [7, 11) is 0. The summed E-state index contributed by atoms with van der Waals surface area (Å²) in [5, 5.41) is 2.89. The smallest absolute Gasteiger partial charge is 0.228 e. The highest BCUT2D eigenvalue weighted by molar-refractivity contribution is 5.94. The maximum atomic E-state index is 12.1. The average Bonchev–Trinajstić information content (AvgIpc) is 2.80. The standard InChI is InChI=1S/C17H16N2O2/c1-11-5-3-4-6-13(11)9-17(20)19-14-7-8-15-16(10-14)21-12(2)18-15/h3-8,10H,9H2,1-2H3,(H,19,20). The number of amides is 1. The minimum Gasteiger partial charge on any atom is -0.441 e. The summed E-state index contributed by atoms with van der Waals surface area (Å²) < 4.78 is 5.47. The summed E-state index contributed by atoms with van der Waals surface area (Å²) in [5.41, 5.74) is 4.35. The highest BCUT2D eigenvalue weighted by Gasteiger charge is 2.08. The second kappa shape index (κ2) is 5.40. The number of rotatable bonds is 3. The SMILES string of the molecule is Cc1nc2ccc(NC(=O)Cc3ccccc3C)cc2o1. The molecule has 3 rings (SSSR count). The topological polar surface area (TPSA) is 55.1 Å². The Hall–Kier alpha value is -2.62. The molecule has 1 aromatic heterocycles. The van der Waals surface area contributed by atoms with Gasteiger partial charge in [0.1, 0.15) is 5.52 Å². The second-order valence-electron chi connectivity index (χ2n) is 5.07. The van der Waals surface area contributed by atoms with Crippen LogP contribution in [0.4, 0.5) is 5.69 Å². The van der Waals surface area contributed by atoms with E-state index < -0.39 is 0 Å². The number of hydrogen-bond donors (Lipinski definition) is 1. The van der Waals surface area contributed by atoms with Crippen LogP contribution in [0.25, 0.3) is 11.1 Å². The fraction of sp³-hybridized carbons (Fsp3) is 0.176. The molecular weight excluding hydrogens is 264 g/mol. The molecule has 0 spiro atoms. The van der Waals surface area contributed by atoms with Crippen LogP contribution >= 0.6 is 0 Å². The Balaban J connectivity index is 1.75. The van der Waals surface area contributed by atoms with Crippen LogP contribution in [0, 0.1) is 13.8 Å². The monoisotopic (exact) mass is 280 g/mol. The van der Waals surface area contributed by atoms with Crippen molar-refractivity contribution in [2.75, 3.05) is 5.32 Å². The predicted molar refractivity (Wildman–Crippen MR) is 82.3 cm³/mol. The lowest BCUT2D eigenvalue weighted by molar-refractivity contribution is -0.115. The summed E-state index contributed by atoms with van der Waals surface area (Å²) in [6.45, 7) is 3.81. The molecule has 4 heteroatoms. The Bertz CT molecular complexity index is 805. The molecule has 1 amide bonds. The number of fused-ring (bicyclic) bond motifs is 1. The number of nitrogens with one attached hydrogen (secondary N) is 1. The summed E-state index contributed by atoms with van der Waals surface area (Å²) >= 11 is 0. The van der Waals surface area contributed by atoms with E-state index in [2.05, 4.69) is 10.3 Å². The van der Waals surface area contributed by atoms with Crippen molar-refractivity contribution in [3.05, 3.63) is 59.5 Å². The number of anilines is 1. The molecule has 0 radical (unpaired) electrons. The number of nitrogens with zero attached hydrogens (tertiary/aromatic N) is 1. The molecule has 4 nitrogen and oxygen atoms in total. The van der Waals surface area contributed by atoms with Crippen molar-refractivity contribution < 1.29 is 9.21 Å². The van der Waals surface area contributed by atoms with Gasteiger partial charge in [-0.2, -0.15) is 0 Å². The highest BCUT2D eigenvalue weighted by Crippen LogP contribution is 2.20. The van der Waals surface area contributed by atoms with Crippen LogP contribution in [0.1, 0.15) is 17.0 Å². The lowest BCUT2D eigenvalue weighted by Crippen LogP contribution is -2.14. The van der Waals surface area contributed by atoms with Crippen molar-refractivity contribution in [2.24, 2.45) is 0 Å². The lowest BCUT2D eigenvalue weighted by Gasteiger charge is -2.07. The first-order valence-electron chi connectivity index (χ1n) is 6.83. The molecule has 106 valence electrons. The first kappa shape index (κ1) is 13.4. The number of carbonyl (C=O) groups is 1. The van der Waals surface area contributed by atoms with Gasteiger partial charge in [0.2, 0.25) is 5.91 Å². The van der Waals surface area contributed by atoms with Crippen LogP contribution < -0.4 is 5.32 Å². The normalized spacial score (nSPS) is 10.8. The molecule has 0 aliphatic rings. The van der Waals surface area contributed by atoms with Gasteiger partial charge in [-0.15, -0.1) is 0 Å². The maximum Gasteiger partial charge on any atom is 0.228 e. The molecule has 0 saturated heterocycles. The van der Waals surface area contributed by atoms with Crippen LogP contribution in [0.3, 0.4) is 0 Å². The van der Waals surface area contributed by atoms with Gasteiger partial charge in [0.25, 0.3) is 0 Å². The predicted octanol–water partition coefficient (Wildman–Crippen LogP) is 3.63. The fourth-order valence-electron chi connectivity index (χ4n) is 2.30. The van der Waals surface area contributed by atoms with E-state index in [4.69, 9.17) is 4.42 Å². The summed E-state index contributed by atoms with van der Waals surface area (Å²) in [6, 6.07) is 13.4. The molecule has 1 heterocycles. The molecule has 21 heavy (non-hydrogen) atoms. The zero-order valence-corrected chi connectivity index (χ0v) is 12.0. The minimum absolute atomic E-state index is 0.0418. The molecule has 0 aliphatic heterocycles. The van der Waals surface area contributed by atoms with Crippen molar-refractivity contribution >= 4 is 22.7 Å². The van der Waals surface area contributed by atoms with Crippen LogP contribution in [0.5, 0.6) is 0 Å². The highest BCUT2D eigenvalue weighted by atomic mass is 16.3. The van der Waals surface area contributed by atoms with Gasteiger partial charge in [-0.05, 0) is 30.2 Å². The van der Waals surface area contributed by atoms with Crippen LogP contribution in [-0.2, 0) is 11.2 Å². The number of oxazole rings is 1. The molecule has 0 aliphatic carbocycles. The Morgan fingerprint density at radius 3 is 2.81 bits per heavy atom. The zero-order chi connectivity index (χ0) is 14.8. The summed E-state index contributed by atoms with van der Waals surface area (Å²) in [4.78, 5) is 16.4. The average molecular weight is 280 g/mol. The third-order valence-corrected chi connectivity index (χ3v) is 3.39. The van der Waals surface area contributed by atoms with Gasteiger partial charge < -0.3 is 9.73 Å². The molecule has 1 N–H and O–H groups in total. The first-order chi connectivity index (χ1) is 10.1. The second-order valence-corrected chi connectivity index (χ2v) is 5.07. The number of carbonyl (C=O) groups excluding carboxylic acids is 1. The van der Waals surface area contributed by atoms with E-state index in [1.54, 1.807) is 13.0 Å². The number of hydrogen-bond acceptors (Lipinski definition) is 3. The quantitative estimate of drug-likeness (QED) is 0.797. The van der Waals surface area contributed by atoms with Crippen molar-refractivity contribution in [2.45, 2.75) is 20.3 Å². The summed E-state index contributed by atoms with van der Waals surface area (Å²) in [6.07, 6.45) is 0.361. The van der Waals surface area contributed by atoms with Crippen molar-refractivity contribution in [3.8, 4) is 0 Å². The number of aromatic nitrogens is 1. The van der Waals surface area contributed by atoms with Crippen molar-refractivity contribution in [1.29, 1.82) is 0 Å². The van der Waals surface area contributed by atoms with E-state index in [1.807, 2.05) is 43.3 Å². The van der Waals surface area contributed by atoms with E-state index in [1.165, 1.54) is 0 Å².